The predicted molar refractivity (Wildman–Crippen MR) is 60.8 cm³/mol. The molecule has 0 saturated heterocycles. The van der Waals surface area contributed by atoms with Gasteiger partial charge in [-0.1, -0.05) is 12.1 Å². The largest absolute Gasteiger partial charge is 0.150 e. The van der Waals surface area contributed by atoms with Crippen molar-refractivity contribution >= 4 is 0 Å². The smallest absolute Gasteiger partial charge is 0.102 e. The van der Waals surface area contributed by atoms with Gasteiger partial charge in [0.1, 0.15) is 6.04 Å². The Labute approximate surface area is 101 Å². The summed E-state index contributed by atoms with van der Waals surface area (Å²) in [5, 5.41) is 3.66. The SMILES string of the molecule is CC1C2CC3C4CC5C6CC7C(N=O)C6(C145)C237. The maximum Gasteiger partial charge on any atom is 0.102 e. The van der Waals surface area contributed by atoms with Crippen molar-refractivity contribution in [1.29, 1.82) is 0 Å². The molecule has 8 aliphatic rings. The van der Waals surface area contributed by atoms with E-state index in [9.17, 15) is 4.91 Å². The Hall–Kier alpha value is -0.400. The molecule has 17 heavy (non-hydrogen) atoms. The van der Waals surface area contributed by atoms with E-state index < -0.39 is 0 Å². The second-order valence-electron chi connectivity index (χ2n) is 8.42. The second kappa shape index (κ2) is 1.60. The van der Waals surface area contributed by atoms with Crippen molar-refractivity contribution in [3.05, 3.63) is 4.91 Å². The average molecular weight is 227 g/mol. The van der Waals surface area contributed by atoms with Gasteiger partial charge in [-0.3, -0.25) is 0 Å². The molecule has 4 bridgehead atoms. The third kappa shape index (κ3) is 0.316. The molecule has 2 nitrogen and oxygen atoms in total. The van der Waals surface area contributed by atoms with Gasteiger partial charge in [0.25, 0.3) is 0 Å². The maximum atomic E-state index is 11.4. The third-order valence-electron chi connectivity index (χ3n) is 9.90. The summed E-state index contributed by atoms with van der Waals surface area (Å²) in [4.78, 5) is 11.4. The van der Waals surface area contributed by atoms with Gasteiger partial charge in [0.2, 0.25) is 0 Å². The standard InChI is InChI=1S/C15H17NO/c1-5-6-2-8-7-3-9-10-4-11-12(16-17)15(10,13(5,7)9)14(6,8)11/h5-12H,2-4H2,1H3. The lowest BCUT2D eigenvalue weighted by atomic mass is 9.27. The number of nitrogens with zero attached hydrogens (tertiary/aromatic N) is 1. The summed E-state index contributed by atoms with van der Waals surface area (Å²) in [6, 6.07) is 0.268. The first-order chi connectivity index (χ1) is 8.28. The Bertz CT molecular complexity index is 510. The number of fused-ring (bicyclic) bond motifs is 1. The highest BCUT2D eigenvalue weighted by molar-refractivity contribution is 5.56. The lowest BCUT2D eigenvalue weighted by molar-refractivity contribution is -0.295. The minimum Gasteiger partial charge on any atom is -0.150 e. The topological polar surface area (TPSA) is 29.4 Å². The molecule has 8 aliphatic carbocycles. The van der Waals surface area contributed by atoms with Gasteiger partial charge in [-0.15, -0.1) is 0 Å². The van der Waals surface area contributed by atoms with Crippen LogP contribution in [0.3, 0.4) is 0 Å². The van der Waals surface area contributed by atoms with Crippen LogP contribution < -0.4 is 0 Å². The van der Waals surface area contributed by atoms with Gasteiger partial charge < -0.3 is 0 Å². The molecular weight excluding hydrogens is 210 g/mol. The molecule has 0 aliphatic heterocycles. The van der Waals surface area contributed by atoms with Gasteiger partial charge in [0.15, 0.2) is 0 Å². The third-order valence-corrected chi connectivity index (χ3v) is 9.90. The van der Waals surface area contributed by atoms with E-state index in [1.807, 2.05) is 0 Å². The van der Waals surface area contributed by atoms with Crippen LogP contribution in [0.4, 0.5) is 0 Å². The zero-order valence-corrected chi connectivity index (χ0v) is 10.1. The van der Waals surface area contributed by atoms with Crippen molar-refractivity contribution in [3.8, 4) is 0 Å². The Morgan fingerprint density at radius 3 is 2.29 bits per heavy atom. The molecule has 8 rings (SSSR count). The number of nitroso groups, excluding NO2 is 1. The summed E-state index contributed by atoms with van der Waals surface area (Å²) in [6.45, 7) is 2.54. The van der Waals surface area contributed by atoms with E-state index in [4.69, 9.17) is 0 Å². The molecular formula is C15H17NO. The average Bonchev–Trinajstić information content (AvgIpc) is 2.73. The molecule has 11 unspecified atom stereocenters. The quantitative estimate of drug-likeness (QED) is 0.633. The van der Waals surface area contributed by atoms with Gasteiger partial charge in [-0.05, 0) is 71.5 Å². The summed E-state index contributed by atoms with van der Waals surface area (Å²) in [7, 11) is 0. The highest BCUT2D eigenvalue weighted by Gasteiger charge is 3.09. The molecule has 0 heterocycles. The first-order valence-electron chi connectivity index (χ1n) is 7.61. The van der Waals surface area contributed by atoms with Crippen LogP contribution in [0.15, 0.2) is 5.18 Å². The molecule has 3 spiro atoms. The second-order valence-corrected chi connectivity index (χ2v) is 8.42. The molecule has 11 atom stereocenters. The highest BCUT2D eigenvalue weighted by atomic mass is 16.3. The Kier molecular flexibility index (Phi) is 0.744. The van der Waals surface area contributed by atoms with Crippen LogP contribution in [-0.4, -0.2) is 6.04 Å². The van der Waals surface area contributed by atoms with Crippen molar-refractivity contribution in [1.82, 2.24) is 0 Å². The molecule has 0 aromatic carbocycles. The fraction of sp³-hybridized carbons (Fsp3) is 1.00. The number of hydrogen-bond acceptors (Lipinski definition) is 2. The molecule has 2 heteroatoms. The van der Waals surface area contributed by atoms with E-state index in [1.165, 1.54) is 19.3 Å². The summed E-state index contributed by atoms with van der Waals surface area (Å²) in [5.41, 5.74) is 1.84. The lowest BCUT2D eigenvalue weighted by Crippen LogP contribution is -2.76. The summed E-state index contributed by atoms with van der Waals surface area (Å²) < 4.78 is 0. The van der Waals surface area contributed by atoms with E-state index in [1.54, 1.807) is 0 Å². The van der Waals surface area contributed by atoms with E-state index in [-0.39, 0.29) is 6.04 Å². The normalized spacial score (nSPS) is 89.7. The first kappa shape index (κ1) is 7.91. The van der Waals surface area contributed by atoms with Gasteiger partial charge in [-0.25, -0.2) is 0 Å². The summed E-state index contributed by atoms with van der Waals surface area (Å²) >= 11 is 0. The minimum absolute atomic E-state index is 0.268. The van der Waals surface area contributed by atoms with Crippen LogP contribution in [0.25, 0.3) is 0 Å². The summed E-state index contributed by atoms with van der Waals surface area (Å²) in [5.74, 6) is 6.78. The van der Waals surface area contributed by atoms with Crippen LogP contribution in [0, 0.1) is 62.6 Å². The van der Waals surface area contributed by atoms with Gasteiger partial charge in [0.05, 0.1) is 0 Å². The molecule has 8 fully saturated rings. The van der Waals surface area contributed by atoms with Crippen LogP contribution in [-0.2, 0) is 0 Å². The first-order valence-corrected chi connectivity index (χ1v) is 7.61. The molecule has 0 N–H and O–H groups in total. The van der Waals surface area contributed by atoms with Crippen molar-refractivity contribution in [2.24, 2.45) is 62.8 Å². The monoisotopic (exact) mass is 227 g/mol. The summed E-state index contributed by atoms with van der Waals surface area (Å²) in [6.07, 6.45) is 4.46. The molecule has 8 saturated carbocycles. The van der Waals surface area contributed by atoms with Crippen LogP contribution in [0.1, 0.15) is 26.2 Å². The van der Waals surface area contributed by atoms with Crippen LogP contribution in [0.5, 0.6) is 0 Å². The molecule has 0 aromatic rings. The Morgan fingerprint density at radius 2 is 1.53 bits per heavy atom. The zero-order valence-electron chi connectivity index (χ0n) is 10.1. The van der Waals surface area contributed by atoms with Gasteiger partial charge in [0, 0.05) is 5.41 Å². The van der Waals surface area contributed by atoms with E-state index in [0.717, 1.165) is 41.4 Å². The van der Waals surface area contributed by atoms with Crippen molar-refractivity contribution < 1.29 is 0 Å². The minimum atomic E-state index is 0.268. The highest BCUT2D eigenvalue weighted by Crippen LogP contribution is 3.11. The Balaban J connectivity index is 1.66. The number of hydrogen-bond donors (Lipinski definition) is 0. The van der Waals surface area contributed by atoms with Crippen molar-refractivity contribution in [2.45, 2.75) is 32.2 Å². The van der Waals surface area contributed by atoms with Crippen LogP contribution in [0.2, 0.25) is 0 Å². The van der Waals surface area contributed by atoms with E-state index in [0.29, 0.717) is 16.2 Å². The van der Waals surface area contributed by atoms with E-state index >= 15 is 0 Å². The van der Waals surface area contributed by atoms with Gasteiger partial charge >= 0.3 is 0 Å². The van der Waals surface area contributed by atoms with Gasteiger partial charge in [-0.2, -0.15) is 4.91 Å². The zero-order chi connectivity index (χ0) is 10.9. The van der Waals surface area contributed by atoms with Crippen molar-refractivity contribution in [3.63, 3.8) is 0 Å². The van der Waals surface area contributed by atoms with Crippen molar-refractivity contribution in [2.75, 3.05) is 0 Å². The fourth-order valence-corrected chi connectivity index (χ4v) is 10.7. The Morgan fingerprint density at radius 1 is 0.882 bits per heavy atom. The maximum absolute atomic E-state index is 11.4. The predicted octanol–water partition coefficient (Wildman–Crippen LogP) is 2.68. The molecule has 0 radical (unpaired) electrons. The lowest BCUT2D eigenvalue weighted by Gasteiger charge is -2.76. The fourth-order valence-electron chi connectivity index (χ4n) is 10.7. The van der Waals surface area contributed by atoms with Crippen LogP contribution >= 0.6 is 0 Å². The van der Waals surface area contributed by atoms with E-state index in [2.05, 4.69) is 12.1 Å². The molecule has 0 aromatic heterocycles. The molecule has 0 amide bonds. The number of rotatable bonds is 1. The molecule has 88 valence electrons.